The number of nitro groups is 1. The Labute approximate surface area is 124 Å². The van der Waals surface area contributed by atoms with Crippen molar-refractivity contribution < 1.29 is 14.8 Å². The maximum Gasteiger partial charge on any atom is 0.273 e. The molecule has 0 unspecified atom stereocenters. The normalized spacial score (nSPS) is 11.2. The van der Waals surface area contributed by atoms with Gasteiger partial charge < -0.3 is 10.4 Å². The predicted molar refractivity (Wildman–Crippen MR) is 80.3 cm³/mol. The van der Waals surface area contributed by atoms with Crippen LogP contribution < -0.4 is 5.32 Å². The van der Waals surface area contributed by atoms with E-state index < -0.39 is 4.92 Å². The number of carbonyl (C=O) groups is 1. The van der Waals surface area contributed by atoms with Crippen molar-refractivity contribution in [1.82, 2.24) is 5.32 Å². The topological polar surface area (TPSA) is 92.5 Å². The highest BCUT2D eigenvalue weighted by atomic mass is 16.6. The highest BCUT2D eigenvalue weighted by molar-refractivity contribution is 5.96. The van der Waals surface area contributed by atoms with Crippen LogP contribution in [0.15, 0.2) is 18.2 Å². The van der Waals surface area contributed by atoms with Crippen molar-refractivity contribution in [2.45, 2.75) is 33.6 Å². The Balaban J connectivity index is 2.61. The summed E-state index contributed by atoms with van der Waals surface area (Å²) in [5, 5.41) is 22.8. The number of aliphatic hydroxyl groups excluding tert-OH is 1. The smallest absolute Gasteiger partial charge is 0.273 e. The van der Waals surface area contributed by atoms with Crippen LogP contribution in [-0.2, 0) is 0 Å². The Morgan fingerprint density at radius 3 is 2.67 bits per heavy atom. The molecule has 0 aromatic heterocycles. The predicted octanol–water partition coefficient (Wildman–Crippen LogP) is 2.43. The van der Waals surface area contributed by atoms with E-state index in [0.29, 0.717) is 17.7 Å². The van der Waals surface area contributed by atoms with Gasteiger partial charge in [-0.2, -0.15) is 0 Å². The van der Waals surface area contributed by atoms with E-state index in [4.69, 9.17) is 5.11 Å². The lowest BCUT2D eigenvalue weighted by Gasteiger charge is -2.21. The van der Waals surface area contributed by atoms with Gasteiger partial charge in [-0.15, -0.1) is 0 Å². The monoisotopic (exact) mass is 294 g/mol. The molecule has 1 rings (SSSR count). The van der Waals surface area contributed by atoms with Gasteiger partial charge in [-0.25, -0.2) is 0 Å². The van der Waals surface area contributed by atoms with Crippen molar-refractivity contribution >= 4 is 11.6 Å². The molecular weight excluding hydrogens is 272 g/mol. The summed E-state index contributed by atoms with van der Waals surface area (Å²) in [7, 11) is 0. The molecule has 0 fully saturated rings. The first-order valence-electron chi connectivity index (χ1n) is 6.91. The first-order valence-corrected chi connectivity index (χ1v) is 6.91. The second-order valence-corrected chi connectivity index (χ2v) is 5.89. The molecule has 6 nitrogen and oxygen atoms in total. The van der Waals surface area contributed by atoms with Gasteiger partial charge in [-0.3, -0.25) is 14.9 Å². The van der Waals surface area contributed by atoms with Gasteiger partial charge in [0.1, 0.15) is 0 Å². The zero-order valence-corrected chi connectivity index (χ0v) is 12.7. The number of nitro benzene ring substituents is 1. The molecule has 0 radical (unpaired) electrons. The van der Waals surface area contributed by atoms with Gasteiger partial charge >= 0.3 is 0 Å². The van der Waals surface area contributed by atoms with Gasteiger partial charge in [0.05, 0.1) is 4.92 Å². The van der Waals surface area contributed by atoms with Crippen LogP contribution in [0.2, 0.25) is 0 Å². The standard InChI is InChI=1S/C15H22N2O4/c1-11-12(6-4-7-13(11)17(20)21)14(19)16-9-5-8-15(2,3)10-18/h4,6-7,18H,5,8-10H2,1-3H3,(H,16,19). The van der Waals surface area contributed by atoms with E-state index in [1.807, 2.05) is 13.8 Å². The van der Waals surface area contributed by atoms with Gasteiger partial charge in [0.2, 0.25) is 0 Å². The largest absolute Gasteiger partial charge is 0.396 e. The molecule has 0 aliphatic heterocycles. The molecule has 0 heterocycles. The Morgan fingerprint density at radius 2 is 2.10 bits per heavy atom. The van der Waals surface area contributed by atoms with Crippen LogP contribution in [0.3, 0.4) is 0 Å². The molecule has 1 aromatic carbocycles. The summed E-state index contributed by atoms with van der Waals surface area (Å²) in [6, 6.07) is 4.47. The highest BCUT2D eigenvalue weighted by Crippen LogP contribution is 2.22. The Hall–Kier alpha value is -1.95. The van der Waals surface area contributed by atoms with E-state index in [1.165, 1.54) is 12.1 Å². The van der Waals surface area contributed by atoms with Crippen LogP contribution in [-0.4, -0.2) is 29.1 Å². The maximum absolute atomic E-state index is 12.1. The lowest BCUT2D eigenvalue weighted by Crippen LogP contribution is -2.27. The van der Waals surface area contributed by atoms with Crippen molar-refractivity contribution in [3.63, 3.8) is 0 Å². The zero-order chi connectivity index (χ0) is 16.0. The second-order valence-electron chi connectivity index (χ2n) is 5.89. The third kappa shape index (κ3) is 4.82. The minimum atomic E-state index is -0.490. The zero-order valence-electron chi connectivity index (χ0n) is 12.7. The Morgan fingerprint density at radius 1 is 1.43 bits per heavy atom. The lowest BCUT2D eigenvalue weighted by molar-refractivity contribution is -0.385. The number of aliphatic hydroxyl groups is 1. The average Bonchev–Trinajstić information content (AvgIpc) is 2.43. The summed E-state index contributed by atoms with van der Waals surface area (Å²) in [6.07, 6.45) is 1.53. The van der Waals surface area contributed by atoms with E-state index in [2.05, 4.69) is 5.32 Å². The summed E-state index contributed by atoms with van der Waals surface area (Å²) >= 11 is 0. The van der Waals surface area contributed by atoms with E-state index in [1.54, 1.807) is 13.0 Å². The average molecular weight is 294 g/mol. The fourth-order valence-corrected chi connectivity index (χ4v) is 2.01. The molecule has 0 atom stereocenters. The molecular formula is C15H22N2O4. The minimum Gasteiger partial charge on any atom is -0.396 e. The second kappa shape index (κ2) is 7.17. The van der Waals surface area contributed by atoms with E-state index in [-0.39, 0.29) is 23.6 Å². The Bertz CT molecular complexity index is 526. The number of nitrogens with one attached hydrogen (secondary N) is 1. The third-order valence-electron chi connectivity index (χ3n) is 3.49. The van der Waals surface area contributed by atoms with Crippen LogP contribution in [0.4, 0.5) is 5.69 Å². The molecule has 21 heavy (non-hydrogen) atoms. The number of carbonyl (C=O) groups excluding carboxylic acids is 1. The van der Waals surface area contributed by atoms with Crippen LogP contribution in [0.1, 0.15) is 42.6 Å². The van der Waals surface area contributed by atoms with Gasteiger partial charge in [0, 0.05) is 30.3 Å². The SMILES string of the molecule is Cc1c(C(=O)NCCCC(C)(C)CO)cccc1[N+](=O)[O-]. The molecule has 116 valence electrons. The summed E-state index contributed by atoms with van der Waals surface area (Å²) in [4.78, 5) is 22.4. The summed E-state index contributed by atoms with van der Waals surface area (Å²) in [6.45, 7) is 6.07. The van der Waals surface area contributed by atoms with Gasteiger partial charge in [-0.1, -0.05) is 19.9 Å². The van der Waals surface area contributed by atoms with Gasteiger partial charge in [-0.05, 0) is 31.2 Å². The van der Waals surface area contributed by atoms with E-state index in [9.17, 15) is 14.9 Å². The van der Waals surface area contributed by atoms with Crippen molar-refractivity contribution in [3.05, 3.63) is 39.4 Å². The fourth-order valence-electron chi connectivity index (χ4n) is 2.01. The van der Waals surface area contributed by atoms with Crippen LogP contribution in [0.5, 0.6) is 0 Å². The van der Waals surface area contributed by atoms with Crippen LogP contribution >= 0.6 is 0 Å². The number of hydrogen-bond donors (Lipinski definition) is 2. The van der Waals surface area contributed by atoms with E-state index >= 15 is 0 Å². The van der Waals surface area contributed by atoms with Crippen LogP contribution in [0.25, 0.3) is 0 Å². The molecule has 6 heteroatoms. The molecule has 0 spiro atoms. The molecule has 0 saturated carbocycles. The molecule has 0 bridgehead atoms. The maximum atomic E-state index is 12.1. The summed E-state index contributed by atoms with van der Waals surface area (Å²) in [5.41, 5.74) is 0.483. The first-order chi connectivity index (χ1) is 9.78. The minimum absolute atomic E-state index is 0.0518. The summed E-state index contributed by atoms with van der Waals surface area (Å²) in [5.74, 6) is -0.307. The fraction of sp³-hybridized carbons (Fsp3) is 0.533. The van der Waals surface area contributed by atoms with E-state index in [0.717, 1.165) is 12.8 Å². The van der Waals surface area contributed by atoms with Crippen molar-refractivity contribution in [3.8, 4) is 0 Å². The third-order valence-corrected chi connectivity index (χ3v) is 3.49. The molecule has 0 aliphatic rings. The van der Waals surface area contributed by atoms with Gasteiger partial charge in [0.15, 0.2) is 0 Å². The molecule has 0 aliphatic carbocycles. The van der Waals surface area contributed by atoms with Gasteiger partial charge in [0.25, 0.3) is 11.6 Å². The summed E-state index contributed by atoms with van der Waals surface area (Å²) < 4.78 is 0. The number of rotatable bonds is 7. The number of nitrogens with zero attached hydrogens (tertiary/aromatic N) is 1. The first kappa shape index (κ1) is 17.1. The van der Waals surface area contributed by atoms with Crippen molar-refractivity contribution in [2.24, 2.45) is 5.41 Å². The molecule has 1 amide bonds. The van der Waals surface area contributed by atoms with Crippen molar-refractivity contribution in [1.29, 1.82) is 0 Å². The number of benzene rings is 1. The molecule has 0 saturated heterocycles. The number of amides is 1. The lowest BCUT2D eigenvalue weighted by atomic mass is 9.89. The highest BCUT2D eigenvalue weighted by Gasteiger charge is 2.18. The van der Waals surface area contributed by atoms with Crippen molar-refractivity contribution in [2.75, 3.05) is 13.2 Å². The van der Waals surface area contributed by atoms with Crippen LogP contribution in [0, 0.1) is 22.5 Å². The molecule has 2 N–H and O–H groups in total. The molecule has 1 aromatic rings. The quantitative estimate of drug-likeness (QED) is 0.459. The Kier molecular flexibility index (Phi) is 5.84. The number of hydrogen-bond acceptors (Lipinski definition) is 4.